The van der Waals surface area contributed by atoms with Gasteiger partial charge in [-0.3, -0.25) is 24.2 Å². The highest BCUT2D eigenvalue weighted by molar-refractivity contribution is 6.01. The minimum atomic E-state index is -1.72. The lowest BCUT2D eigenvalue weighted by Gasteiger charge is -2.59. The van der Waals surface area contributed by atoms with E-state index in [1.54, 1.807) is 30.5 Å². The molecule has 4 aliphatic rings. The van der Waals surface area contributed by atoms with Gasteiger partial charge in [0.2, 0.25) is 11.7 Å². The molecule has 0 aromatic carbocycles. The number of aromatic nitrogens is 1. The van der Waals surface area contributed by atoms with Gasteiger partial charge < -0.3 is 20.3 Å². The van der Waals surface area contributed by atoms with Crippen molar-refractivity contribution in [3.8, 4) is 0 Å². The molecule has 7 atom stereocenters. The van der Waals surface area contributed by atoms with Gasteiger partial charge in [-0.1, -0.05) is 31.6 Å². The Balaban J connectivity index is 1.18. The second-order valence-electron chi connectivity index (χ2n) is 12.3. The van der Waals surface area contributed by atoms with Crippen molar-refractivity contribution < 1.29 is 34.1 Å². The molecule has 0 bridgehead atoms. The number of allylic oxidation sites excluding steroid dienone is 4. The standard InChI is InChI=1S/C31H38N2O7/c1-29-12-10-21(34)15-19(29)6-7-22-23-11-13-31(39,30(23,2)16-24(35)28(22)29)25(36)18-40-27(38)9-8-26(37)33-17-20-5-3-4-14-32-20/h3-5,10,12,14-15,22-24,28,35,39H,6-9,11,13,16-18H2,1-2H3,(H,33,37). The Morgan fingerprint density at radius 1 is 1.18 bits per heavy atom. The minimum Gasteiger partial charge on any atom is -0.458 e. The van der Waals surface area contributed by atoms with Gasteiger partial charge >= 0.3 is 5.97 Å². The highest BCUT2D eigenvalue weighted by Gasteiger charge is 2.68. The summed E-state index contributed by atoms with van der Waals surface area (Å²) in [7, 11) is 0. The molecule has 5 rings (SSSR count). The van der Waals surface area contributed by atoms with Crippen molar-refractivity contribution in [1.82, 2.24) is 10.3 Å². The largest absolute Gasteiger partial charge is 0.458 e. The molecule has 1 amide bonds. The van der Waals surface area contributed by atoms with Gasteiger partial charge in [-0.2, -0.15) is 0 Å². The first-order valence-electron chi connectivity index (χ1n) is 14.2. The third kappa shape index (κ3) is 4.83. The van der Waals surface area contributed by atoms with Crippen LogP contribution in [0.4, 0.5) is 0 Å². The molecule has 3 N–H and O–H groups in total. The van der Waals surface area contributed by atoms with Crippen LogP contribution in [0, 0.1) is 28.6 Å². The smallest absolute Gasteiger partial charge is 0.306 e. The van der Waals surface area contributed by atoms with Gasteiger partial charge in [-0.25, -0.2) is 0 Å². The van der Waals surface area contributed by atoms with Gasteiger partial charge in [0.25, 0.3) is 0 Å². The van der Waals surface area contributed by atoms with Crippen molar-refractivity contribution in [3.63, 3.8) is 0 Å². The first-order valence-corrected chi connectivity index (χ1v) is 14.2. The summed E-state index contributed by atoms with van der Waals surface area (Å²) in [6.45, 7) is 3.63. The average Bonchev–Trinajstić information content (AvgIpc) is 3.20. The molecule has 3 fully saturated rings. The molecule has 3 saturated carbocycles. The summed E-state index contributed by atoms with van der Waals surface area (Å²) < 4.78 is 5.20. The quantitative estimate of drug-likeness (QED) is 0.419. The Labute approximate surface area is 234 Å². The van der Waals surface area contributed by atoms with Crippen molar-refractivity contribution in [1.29, 1.82) is 0 Å². The predicted octanol–water partition coefficient (Wildman–Crippen LogP) is 2.60. The molecule has 214 valence electrons. The molecule has 9 nitrogen and oxygen atoms in total. The number of nitrogens with zero attached hydrogens (tertiary/aromatic N) is 1. The van der Waals surface area contributed by atoms with E-state index in [0.717, 1.165) is 18.4 Å². The van der Waals surface area contributed by atoms with Crippen LogP contribution in [-0.2, 0) is 30.5 Å². The van der Waals surface area contributed by atoms with E-state index in [-0.39, 0.29) is 61.7 Å². The number of ether oxygens (including phenoxy) is 1. The Hall–Kier alpha value is -3.17. The Bertz CT molecular complexity index is 1260. The van der Waals surface area contributed by atoms with Crippen molar-refractivity contribution >= 4 is 23.4 Å². The molecule has 0 aliphatic heterocycles. The van der Waals surface area contributed by atoms with Gasteiger partial charge in [0.15, 0.2) is 12.4 Å². The maximum absolute atomic E-state index is 13.4. The zero-order chi connectivity index (χ0) is 28.7. The summed E-state index contributed by atoms with van der Waals surface area (Å²) >= 11 is 0. The summed E-state index contributed by atoms with van der Waals surface area (Å²) in [6.07, 6.45) is 8.45. The number of pyridine rings is 1. The molecule has 1 heterocycles. The fourth-order valence-corrected chi connectivity index (χ4v) is 8.12. The third-order valence-electron chi connectivity index (χ3n) is 10.2. The van der Waals surface area contributed by atoms with Crippen molar-refractivity contribution in [2.75, 3.05) is 6.61 Å². The van der Waals surface area contributed by atoms with Crippen molar-refractivity contribution in [2.24, 2.45) is 28.6 Å². The monoisotopic (exact) mass is 550 g/mol. The zero-order valence-corrected chi connectivity index (χ0v) is 23.1. The van der Waals surface area contributed by atoms with Crippen molar-refractivity contribution in [2.45, 2.75) is 77.0 Å². The first-order chi connectivity index (χ1) is 19.0. The molecular formula is C31H38N2O7. The minimum absolute atomic E-state index is 0.0118. The lowest BCUT2D eigenvalue weighted by atomic mass is 9.46. The van der Waals surface area contributed by atoms with E-state index in [4.69, 9.17) is 4.74 Å². The zero-order valence-electron chi connectivity index (χ0n) is 23.1. The molecular weight excluding hydrogens is 512 g/mol. The van der Waals surface area contributed by atoms with E-state index in [0.29, 0.717) is 12.1 Å². The van der Waals surface area contributed by atoms with Crippen LogP contribution in [0.25, 0.3) is 0 Å². The molecule has 0 radical (unpaired) electrons. The van der Waals surface area contributed by atoms with Gasteiger partial charge in [0.1, 0.15) is 5.60 Å². The predicted molar refractivity (Wildman–Crippen MR) is 144 cm³/mol. The molecule has 1 aromatic heterocycles. The lowest BCUT2D eigenvalue weighted by Crippen LogP contribution is -2.61. The topological polar surface area (TPSA) is 143 Å². The first kappa shape index (κ1) is 28.4. The van der Waals surface area contributed by atoms with Crippen LogP contribution < -0.4 is 5.32 Å². The second kappa shape index (κ2) is 10.7. The number of amides is 1. The van der Waals surface area contributed by atoms with Gasteiger partial charge in [0.05, 0.1) is 24.8 Å². The van der Waals surface area contributed by atoms with E-state index in [1.807, 2.05) is 19.1 Å². The molecule has 1 aromatic rings. The summed E-state index contributed by atoms with van der Waals surface area (Å²) in [5.74, 6) is -1.62. The Morgan fingerprint density at radius 3 is 2.73 bits per heavy atom. The van der Waals surface area contributed by atoms with E-state index >= 15 is 0 Å². The number of Topliss-reactive ketones (excluding diaryl/α,β-unsaturated/α-hetero) is 1. The third-order valence-corrected chi connectivity index (χ3v) is 10.2. The van der Waals surface area contributed by atoms with Gasteiger partial charge in [-0.15, -0.1) is 0 Å². The maximum Gasteiger partial charge on any atom is 0.306 e. The van der Waals surface area contributed by atoms with Crippen LogP contribution in [-0.4, -0.2) is 57.0 Å². The molecule has 9 heteroatoms. The Morgan fingerprint density at radius 2 is 1.98 bits per heavy atom. The Kier molecular flexibility index (Phi) is 7.56. The van der Waals surface area contributed by atoms with E-state index in [1.165, 1.54) is 0 Å². The summed E-state index contributed by atoms with van der Waals surface area (Å²) in [5, 5.41) is 25.9. The highest BCUT2D eigenvalue weighted by Crippen LogP contribution is 2.67. The van der Waals surface area contributed by atoms with Crippen LogP contribution in [0.2, 0.25) is 0 Å². The highest BCUT2D eigenvalue weighted by atomic mass is 16.5. The number of nitrogens with one attached hydrogen (secondary N) is 1. The van der Waals surface area contributed by atoms with E-state index in [2.05, 4.69) is 17.2 Å². The number of aliphatic hydroxyl groups is 2. The number of carbonyl (C=O) groups excluding carboxylic acids is 4. The number of ketones is 2. The number of aliphatic hydroxyl groups excluding tert-OH is 1. The number of esters is 1. The summed E-state index contributed by atoms with van der Waals surface area (Å²) in [6, 6.07) is 5.37. The number of carbonyl (C=O) groups is 4. The number of fused-ring (bicyclic) bond motifs is 5. The fourth-order valence-electron chi connectivity index (χ4n) is 8.12. The van der Waals surface area contributed by atoms with Gasteiger partial charge in [0, 0.05) is 29.4 Å². The lowest BCUT2D eigenvalue weighted by molar-refractivity contribution is -0.181. The van der Waals surface area contributed by atoms with Crippen LogP contribution >= 0.6 is 0 Å². The van der Waals surface area contributed by atoms with Crippen LogP contribution in [0.1, 0.15) is 64.5 Å². The van der Waals surface area contributed by atoms with E-state index < -0.39 is 40.9 Å². The molecule has 40 heavy (non-hydrogen) atoms. The normalized spacial score (nSPS) is 36.1. The average molecular weight is 551 g/mol. The van der Waals surface area contributed by atoms with E-state index in [9.17, 15) is 29.4 Å². The summed E-state index contributed by atoms with van der Waals surface area (Å²) in [4.78, 5) is 53.9. The molecule has 7 unspecified atom stereocenters. The fraction of sp³-hybridized carbons (Fsp3) is 0.581. The summed E-state index contributed by atoms with van der Waals surface area (Å²) in [5.41, 5.74) is -1.27. The second-order valence-corrected chi connectivity index (χ2v) is 12.3. The molecule has 4 aliphatic carbocycles. The number of hydrogen-bond donors (Lipinski definition) is 3. The number of rotatable bonds is 8. The SMILES string of the molecule is CC12C=CC(=O)C=C1CCC1C2C(O)CC2(C)C1CCC2(O)C(=O)COC(=O)CCC(=O)NCc1ccccn1. The van der Waals surface area contributed by atoms with Crippen LogP contribution in [0.15, 0.2) is 48.2 Å². The molecule has 0 spiro atoms. The van der Waals surface area contributed by atoms with Crippen LogP contribution in [0.3, 0.4) is 0 Å². The maximum atomic E-state index is 13.4. The molecule has 0 saturated heterocycles. The van der Waals surface area contributed by atoms with Gasteiger partial charge in [-0.05, 0) is 68.2 Å². The van der Waals surface area contributed by atoms with Crippen molar-refractivity contribution in [3.05, 3.63) is 53.9 Å². The number of hydrogen-bond acceptors (Lipinski definition) is 8. The van der Waals surface area contributed by atoms with Crippen LogP contribution in [0.5, 0.6) is 0 Å².